The van der Waals surface area contributed by atoms with E-state index in [4.69, 9.17) is 5.11 Å². The number of carboxylic acid groups (broad SMARTS) is 1. The van der Waals surface area contributed by atoms with Gasteiger partial charge in [-0.25, -0.2) is 4.79 Å². The Morgan fingerprint density at radius 2 is 2.29 bits per heavy atom. The van der Waals surface area contributed by atoms with Crippen LogP contribution in [-0.2, 0) is 13.0 Å². The standard InChI is InChI=1S/C10H16N2O2/c1-3-5-6-12-9(4-2)8(7-11-12)10(13)14/h7H,3-6H2,1-2H3,(H,13,14). The van der Waals surface area contributed by atoms with Crippen LogP contribution in [0.2, 0.25) is 0 Å². The lowest BCUT2D eigenvalue weighted by Gasteiger charge is -2.04. The van der Waals surface area contributed by atoms with E-state index in [1.807, 2.05) is 6.92 Å². The first-order chi connectivity index (χ1) is 6.70. The van der Waals surface area contributed by atoms with E-state index >= 15 is 0 Å². The van der Waals surface area contributed by atoms with E-state index in [1.54, 1.807) is 4.68 Å². The summed E-state index contributed by atoms with van der Waals surface area (Å²) in [5.41, 5.74) is 1.16. The number of carboxylic acids is 1. The number of unbranched alkanes of at least 4 members (excludes halogenated alkanes) is 1. The maximum absolute atomic E-state index is 10.8. The van der Waals surface area contributed by atoms with Crippen LogP contribution < -0.4 is 0 Å². The van der Waals surface area contributed by atoms with Gasteiger partial charge in [-0.15, -0.1) is 0 Å². The molecule has 0 bridgehead atoms. The first-order valence-electron chi connectivity index (χ1n) is 4.98. The van der Waals surface area contributed by atoms with Gasteiger partial charge < -0.3 is 5.11 Å². The predicted octanol–water partition coefficient (Wildman–Crippen LogP) is 1.94. The van der Waals surface area contributed by atoms with Gasteiger partial charge in [0.25, 0.3) is 0 Å². The van der Waals surface area contributed by atoms with E-state index in [1.165, 1.54) is 6.20 Å². The third-order valence-corrected chi connectivity index (χ3v) is 2.24. The van der Waals surface area contributed by atoms with E-state index in [9.17, 15) is 4.79 Å². The summed E-state index contributed by atoms with van der Waals surface area (Å²) in [5, 5.41) is 13.0. The highest BCUT2D eigenvalue weighted by molar-refractivity contribution is 5.88. The van der Waals surface area contributed by atoms with Crippen molar-refractivity contribution in [3.63, 3.8) is 0 Å². The first-order valence-corrected chi connectivity index (χ1v) is 4.98. The Morgan fingerprint density at radius 1 is 1.57 bits per heavy atom. The normalized spacial score (nSPS) is 10.4. The number of aromatic carboxylic acids is 1. The molecule has 1 aromatic rings. The molecule has 0 unspecified atom stereocenters. The summed E-state index contributed by atoms with van der Waals surface area (Å²) in [5.74, 6) is -0.885. The largest absolute Gasteiger partial charge is 0.478 e. The predicted molar refractivity (Wildman–Crippen MR) is 53.5 cm³/mol. The Bertz CT molecular complexity index is 318. The van der Waals surface area contributed by atoms with Crippen LogP contribution >= 0.6 is 0 Å². The van der Waals surface area contributed by atoms with E-state index in [0.717, 1.165) is 25.1 Å². The minimum Gasteiger partial charge on any atom is -0.478 e. The fourth-order valence-electron chi connectivity index (χ4n) is 1.46. The zero-order valence-electron chi connectivity index (χ0n) is 8.66. The van der Waals surface area contributed by atoms with E-state index < -0.39 is 5.97 Å². The number of rotatable bonds is 5. The highest BCUT2D eigenvalue weighted by atomic mass is 16.4. The molecular formula is C10H16N2O2. The maximum atomic E-state index is 10.8. The number of nitrogens with zero attached hydrogens (tertiary/aromatic N) is 2. The summed E-state index contributed by atoms with van der Waals surface area (Å²) in [6.45, 7) is 4.87. The second-order valence-corrected chi connectivity index (χ2v) is 3.24. The Labute approximate surface area is 83.5 Å². The van der Waals surface area contributed by atoms with Crippen LogP contribution in [0.15, 0.2) is 6.20 Å². The molecule has 0 saturated heterocycles. The third kappa shape index (κ3) is 2.13. The molecule has 0 saturated carbocycles. The Morgan fingerprint density at radius 3 is 2.79 bits per heavy atom. The molecule has 0 spiro atoms. The summed E-state index contributed by atoms with van der Waals surface area (Å²) >= 11 is 0. The van der Waals surface area contributed by atoms with Crippen LogP contribution in [-0.4, -0.2) is 20.9 Å². The zero-order chi connectivity index (χ0) is 10.6. The van der Waals surface area contributed by atoms with Crippen LogP contribution in [0.3, 0.4) is 0 Å². The molecule has 0 atom stereocenters. The summed E-state index contributed by atoms with van der Waals surface area (Å²) < 4.78 is 1.80. The second kappa shape index (κ2) is 4.79. The van der Waals surface area contributed by atoms with Crippen molar-refractivity contribution in [1.29, 1.82) is 0 Å². The lowest BCUT2D eigenvalue weighted by Crippen LogP contribution is -2.07. The van der Waals surface area contributed by atoms with Crippen LogP contribution in [0, 0.1) is 0 Å². The zero-order valence-corrected chi connectivity index (χ0v) is 8.66. The third-order valence-electron chi connectivity index (χ3n) is 2.24. The van der Waals surface area contributed by atoms with Crippen molar-refractivity contribution >= 4 is 5.97 Å². The number of carbonyl (C=O) groups is 1. The molecule has 0 aliphatic carbocycles. The number of hydrogen-bond donors (Lipinski definition) is 1. The molecule has 14 heavy (non-hydrogen) atoms. The van der Waals surface area contributed by atoms with Crippen LogP contribution in [0.4, 0.5) is 0 Å². The van der Waals surface area contributed by atoms with Gasteiger partial charge in [-0.3, -0.25) is 4.68 Å². The molecule has 4 heteroatoms. The molecule has 0 aliphatic heterocycles. The maximum Gasteiger partial charge on any atom is 0.339 e. The first kappa shape index (κ1) is 10.8. The highest BCUT2D eigenvalue weighted by Crippen LogP contribution is 2.10. The second-order valence-electron chi connectivity index (χ2n) is 3.24. The van der Waals surface area contributed by atoms with Gasteiger partial charge in [0, 0.05) is 6.54 Å². The molecule has 1 rings (SSSR count). The van der Waals surface area contributed by atoms with E-state index in [0.29, 0.717) is 12.0 Å². The number of aromatic nitrogens is 2. The van der Waals surface area contributed by atoms with Crippen molar-refractivity contribution in [2.24, 2.45) is 0 Å². The average molecular weight is 196 g/mol. The van der Waals surface area contributed by atoms with Crippen LogP contribution in [0.5, 0.6) is 0 Å². The fraction of sp³-hybridized carbons (Fsp3) is 0.600. The number of aryl methyl sites for hydroxylation is 1. The average Bonchev–Trinajstić information content (AvgIpc) is 2.57. The van der Waals surface area contributed by atoms with Crippen LogP contribution in [0.25, 0.3) is 0 Å². The van der Waals surface area contributed by atoms with Crippen molar-refractivity contribution in [1.82, 2.24) is 9.78 Å². The van der Waals surface area contributed by atoms with Crippen molar-refractivity contribution in [2.45, 2.75) is 39.7 Å². The molecule has 1 aromatic heterocycles. The van der Waals surface area contributed by atoms with Crippen molar-refractivity contribution in [3.8, 4) is 0 Å². The molecule has 1 heterocycles. The van der Waals surface area contributed by atoms with Gasteiger partial charge >= 0.3 is 5.97 Å². The lowest BCUT2D eigenvalue weighted by molar-refractivity contribution is 0.0695. The highest BCUT2D eigenvalue weighted by Gasteiger charge is 2.14. The summed E-state index contributed by atoms with van der Waals surface area (Å²) in [4.78, 5) is 10.8. The van der Waals surface area contributed by atoms with Gasteiger partial charge in [0.15, 0.2) is 0 Å². The molecule has 0 amide bonds. The summed E-state index contributed by atoms with van der Waals surface area (Å²) in [6, 6.07) is 0. The Hall–Kier alpha value is -1.32. The molecule has 1 N–H and O–H groups in total. The monoisotopic (exact) mass is 196 g/mol. The van der Waals surface area contributed by atoms with Gasteiger partial charge in [0.2, 0.25) is 0 Å². The van der Waals surface area contributed by atoms with Crippen LogP contribution in [0.1, 0.15) is 42.7 Å². The molecule has 4 nitrogen and oxygen atoms in total. The van der Waals surface area contributed by atoms with Gasteiger partial charge in [0.05, 0.1) is 11.9 Å². The molecular weight excluding hydrogens is 180 g/mol. The minimum absolute atomic E-state index is 0.337. The smallest absolute Gasteiger partial charge is 0.339 e. The quantitative estimate of drug-likeness (QED) is 0.783. The molecule has 78 valence electrons. The molecule has 0 aromatic carbocycles. The van der Waals surface area contributed by atoms with E-state index in [-0.39, 0.29) is 0 Å². The fourth-order valence-corrected chi connectivity index (χ4v) is 1.46. The lowest BCUT2D eigenvalue weighted by atomic mass is 10.2. The SMILES string of the molecule is CCCCn1ncc(C(=O)O)c1CC. The summed E-state index contributed by atoms with van der Waals surface area (Å²) in [7, 11) is 0. The minimum atomic E-state index is -0.885. The van der Waals surface area contributed by atoms with Gasteiger partial charge in [0.1, 0.15) is 5.56 Å². The van der Waals surface area contributed by atoms with Gasteiger partial charge in [-0.05, 0) is 12.8 Å². The van der Waals surface area contributed by atoms with Crippen molar-refractivity contribution in [3.05, 3.63) is 17.5 Å². The van der Waals surface area contributed by atoms with E-state index in [2.05, 4.69) is 12.0 Å². The molecule has 0 radical (unpaired) electrons. The van der Waals surface area contributed by atoms with Crippen molar-refractivity contribution < 1.29 is 9.90 Å². The van der Waals surface area contributed by atoms with Gasteiger partial charge in [-0.2, -0.15) is 5.10 Å². The topological polar surface area (TPSA) is 55.1 Å². The Kier molecular flexibility index (Phi) is 3.68. The van der Waals surface area contributed by atoms with Gasteiger partial charge in [-0.1, -0.05) is 20.3 Å². The summed E-state index contributed by atoms with van der Waals surface area (Å²) in [6.07, 6.45) is 4.28. The number of hydrogen-bond acceptors (Lipinski definition) is 2. The van der Waals surface area contributed by atoms with Crippen molar-refractivity contribution in [2.75, 3.05) is 0 Å². The Balaban J connectivity index is 2.89. The molecule has 0 fully saturated rings. The molecule has 0 aliphatic rings.